The summed E-state index contributed by atoms with van der Waals surface area (Å²) in [5.74, 6) is 1.21. The molecular weight excluding hydrogens is 301 g/mol. The standard InChI is InChI=1S/C18H21ClFNO/c19-16-11-13(7-9-17(16)20)18-10-8-15(22-18)12-21-14-5-3-1-2-4-6-14/h7-11,14,21H,1-6,12H2. The Morgan fingerprint density at radius 2 is 1.86 bits per heavy atom. The second-order valence-electron chi connectivity index (χ2n) is 5.96. The van der Waals surface area contributed by atoms with Crippen LogP contribution in [0.25, 0.3) is 11.3 Å². The summed E-state index contributed by atoms with van der Waals surface area (Å²) >= 11 is 5.82. The maximum absolute atomic E-state index is 13.2. The quantitative estimate of drug-likeness (QED) is 0.747. The summed E-state index contributed by atoms with van der Waals surface area (Å²) in [4.78, 5) is 0. The summed E-state index contributed by atoms with van der Waals surface area (Å²) in [6.07, 6.45) is 7.84. The van der Waals surface area contributed by atoms with E-state index in [4.69, 9.17) is 16.0 Å². The monoisotopic (exact) mass is 321 g/mol. The molecule has 0 spiro atoms. The summed E-state index contributed by atoms with van der Waals surface area (Å²) in [6, 6.07) is 9.12. The van der Waals surface area contributed by atoms with Crippen molar-refractivity contribution in [2.24, 2.45) is 0 Å². The second kappa shape index (κ2) is 7.30. The molecule has 1 aromatic heterocycles. The SMILES string of the molecule is Fc1ccc(-c2ccc(CNC3CCCCCC3)o2)cc1Cl. The van der Waals surface area contributed by atoms with Crippen LogP contribution in [0.4, 0.5) is 4.39 Å². The predicted molar refractivity (Wildman–Crippen MR) is 87.4 cm³/mol. The number of nitrogens with one attached hydrogen (secondary N) is 1. The second-order valence-corrected chi connectivity index (χ2v) is 6.37. The largest absolute Gasteiger partial charge is 0.460 e. The molecule has 118 valence electrons. The highest BCUT2D eigenvalue weighted by atomic mass is 35.5. The lowest BCUT2D eigenvalue weighted by atomic mass is 10.1. The first kappa shape index (κ1) is 15.6. The normalized spacial score (nSPS) is 16.6. The zero-order valence-electron chi connectivity index (χ0n) is 12.6. The number of rotatable bonds is 4. The minimum absolute atomic E-state index is 0.118. The van der Waals surface area contributed by atoms with Crippen molar-refractivity contribution < 1.29 is 8.81 Å². The fraction of sp³-hybridized carbons (Fsp3) is 0.444. The van der Waals surface area contributed by atoms with Crippen LogP contribution in [0.1, 0.15) is 44.3 Å². The van der Waals surface area contributed by atoms with Gasteiger partial charge in [-0.1, -0.05) is 37.3 Å². The van der Waals surface area contributed by atoms with Crippen LogP contribution in [-0.2, 0) is 6.54 Å². The third-order valence-electron chi connectivity index (χ3n) is 4.29. The Bertz CT molecular complexity index is 617. The summed E-state index contributed by atoms with van der Waals surface area (Å²) < 4.78 is 19.1. The van der Waals surface area contributed by atoms with Crippen molar-refractivity contribution in [3.05, 3.63) is 46.9 Å². The molecule has 3 rings (SSSR count). The van der Waals surface area contributed by atoms with E-state index < -0.39 is 5.82 Å². The maximum atomic E-state index is 13.2. The average molecular weight is 322 g/mol. The zero-order chi connectivity index (χ0) is 15.4. The van der Waals surface area contributed by atoms with E-state index in [9.17, 15) is 4.39 Å². The van der Waals surface area contributed by atoms with Crippen molar-refractivity contribution in [2.75, 3.05) is 0 Å². The van der Waals surface area contributed by atoms with Crippen molar-refractivity contribution in [1.82, 2.24) is 5.32 Å². The van der Waals surface area contributed by atoms with Gasteiger partial charge in [-0.15, -0.1) is 0 Å². The molecule has 0 amide bonds. The number of hydrogen-bond acceptors (Lipinski definition) is 2. The minimum atomic E-state index is -0.410. The summed E-state index contributed by atoms with van der Waals surface area (Å²) in [7, 11) is 0. The summed E-state index contributed by atoms with van der Waals surface area (Å²) in [5.41, 5.74) is 0.798. The van der Waals surface area contributed by atoms with E-state index in [0.717, 1.165) is 23.6 Å². The van der Waals surface area contributed by atoms with E-state index in [2.05, 4.69) is 5.32 Å². The molecule has 0 unspecified atom stereocenters. The van der Waals surface area contributed by atoms with Crippen LogP contribution in [0.5, 0.6) is 0 Å². The molecule has 0 atom stereocenters. The van der Waals surface area contributed by atoms with Gasteiger partial charge in [0.1, 0.15) is 17.3 Å². The van der Waals surface area contributed by atoms with Gasteiger partial charge in [0.05, 0.1) is 11.6 Å². The van der Waals surface area contributed by atoms with Gasteiger partial charge in [-0.3, -0.25) is 0 Å². The Morgan fingerprint density at radius 3 is 2.59 bits per heavy atom. The van der Waals surface area contributed by atoms with E-state index >= 15 is 0 Å². The molecule has 1 aromatic carbocycles. The molecule has 2 nitrogen and oxygen atoms in total. The molecule has 0 radical (unpaired) electrons. The first-order chi connectivity index (χ1) is 10.7. The predicted octanol–water partition coefficient (Wildman–Crippen LogP) is 5.55. The Balaban J connectivity index is 1.62. The van der Waals surface area contributed by atoms with Gasteiger partial charge in [-0.05, 0) is 43.2 Å². The molecule has 1 fully saturated rings. The number of hydrogen-bond donors (Lipinski definition) is 1. The lowest BCUT2D eigenvalue weighted by molar-refractivity contribution is 0.420. The van der Waals surface area contributed by atoms with Crippen LogP contribution in [0.2, 0.25) is 5.02 Å². The van der Waals surface area contributed by atoms with Crippen molar-refractivity contribution in [3.63, 3.8) is 0 Å². The molecule has 1 aliphatic carbocycles. The third-order valence-corrected chi connectivity index (χ3v) is 4.58. The van der Waals surface area contributed by atoms with Crippen LogP contribution in [0, 0.1) is 5.82 Å². The smallest absolute Gasteiger partial charge is 0.141 e. The van der Waals surface area contributed by atoms with Gasteiger partial charge < -0.3 is 9.73 Å². The molecule has 1 heterocycles. The van der Waals surface area contributed by atoms with Crippen molar-refractivity contribution in [1.29, 1.82) is 0 Å². The average Bonchev–Trinajstić information content (AvgIpc) is 2.83. The Labute approximate surface area is 135 Å². The molecule has 4 heteroatoms. The molecule has 0 aliphatic heterocycles. The number of furan rings is 1. The lowest BCUT2D eigenvalue weighted by Crippen LogP contribution is -2.27. The van der Waals surface area contributed by atoms with Gasteiger partial charge in [0.25, 0.3) is 0 Å². The number of benzene rings is 1. The van der Waals surface area contributed by atoms with Crippen LogP contribution in [0.3, 0.4) is 0 Å². The molecule has 0 saturated heterocycles. The van der Waals surface area contributed by atoms with Gasteiger partial charge in [0.15, 0.2) is 0 Å². The van der Waals surface area contributed by atoms with E-state index in [1.807, 2.05) is 12.1 Å². The fourth-order valence-corrected chi connectivity index (χ4v) is 3.19. The first-order valence-corrected chi connectivity index (χ1v) is 8.38. The van der Waals surface area contributed by atoms with Crippen molar-refractivity contribution in [2.45, 2.75) is 51.1 Å². The van der Waals surface area contributed by atoms with Crippen LogP contribution in [-0.4, -0.2) is 6.04 Å². The van der Waals surface area contributed by atoms with E-state index in [-0.39, 0.29) is 5.02 Å². The molecular formula is C18H21ClFNO. The Morgan fingerprint density at radius 1 is 1.09 bits per heavy atom. The van der Waals surface area contributed by atoms with Crippen LogP contribution < -0.4 is 5.32 Å². The van der Waals surface area contributed by atoms with Gasteiger partial charge in [0, 0.05) is 11.6 Å². The Hall–Kier alpha value is -1.32. The highest BCUT2D eigenvalue weighted by Crippen LogP contribution is 2.26. The van der Waals surface area contributed by atoms with Gasteiger partial charge in [-0.2, -0.15) is 0 Å². The van der Waals surface area contributed by atoms with E-state index in [0.29, 0.717) is 6.04 Å². The number of halogens is 2. The first-order valence-electron chi connectivity index (χ1n) is 8.00. The maximum Gasteiger partial charge on any atom is 0.141 e. The highest BCUT2D eigenvalue weighted by Gasteiger charge is 2.13. The molecule has 0 bridgehead atoms. The van der Waals surface area contributed by atoms with Crippen LogP contribution >= 0.6 is 11.6 Å². The minimum Gasteiger partial charge on any atom is -0.460 e. The molecule has 2 aromatic rings. The summed E-state index contributed by atoms with van der Waals surface area (Å²) in [6.45, 7) is 0.736. The van der Waals surface area contributed by atoms with Gasteiger partial charge in [-0.25, -0.2) is 4.39 Å². The fourth-order valence-electron chi connectivity index (χ4n) is 3.01. The van der Waals surface area contributed by atoms with Crippen molar-refractivity contribution >= 4 is 11.6 Å². The highest BCUT2D eigenvalue weighted by molar-refractivity contribution is 6.31. The topological polar surface area (TPSA) is 25.2 Å². The van der Waals surface area contributed by atoms with Gasteiger partial charge in [0.2, 0.25) is 0 Å². The molecule has 1 saturated carbocycles. The zero-order valence-corrected chi connectivity index (χ0v) is 13.3. The third kappa shape index (κ3) is 3.90. The van der Waals surface area contributed by atoms with E-state index in [1.54, 1.807) is 12.1 Å². The summed E-state index contributed by atoms with van der Waals surface area (Å²) in [5, 5.41) is 3.70. The molecule has 1 aliphatic rings. The van der Waals surface area contributed by atoms with Crippen molar-refractivity contribution in [3.8, 4) is 11.3 Å². The molecule has 1 N–H and O–H groups in total. The van der Waals surface area contributed by atoms with E-state index in [1.165, 1.54) is 44.6 Å². The molecule has 22 heavy (non-hydrogen) atoms. The Kier molecular flexibility index (Phi) is 5.16. The van der Waals surface area contributed by atoms with Crippen LogP contribution in [0.15, 0.2) is 34.7 Å². The lowest BCUT2D eigenvalue weighted by Gasteiger charge is -2.14. The van der Waals surface area contributed by atoms with Gasteiger partial charge >= 0.3 is 0 Å².